The predicted octanol–water partition coefficient (Wildman–Crippen LogP) is 3.38. The number of nitrogens with zero attached hydrogens (tertiary/aromatic N) is 2. The number of rotatable bonds is 5. The SMILES string of the molecule is CCOC(=O)c1sc(-c2ccnc(NC(C)=O)c2)c(C#N)c1CC. The van der Waals surface area contributed by atoms with Crippen molar-refractivity contribution >= 4 is 29.0 Å². The van der Waals surface area contributed by atoms with E-state index in [1.807, 2.05) is 6.92 Å². The minimum Gasteiger partial charge on any atom is -0.462 e. The molecule has 0 radical (unpaired) electrons. The molecular weight excluding hydrogens is 326 g/mol. The van der Waals surface area contributed by atoms with Gasteiger partial charge in [0.15, 0.2) is 0 Å². The third-order valence-corrected chi connectivity index (χ3v) is 4.52. The van der Waals surface area contributed by atoms with Crippen LogP contribution in [0.4, 0.5) is 5.82 Å². The van der Waals surface area contributed by atoms with Crippen molar-refractivity contribution in [3.8, 4) is 16.5 Å². The number of pyridine rings is 1. The summed E-state index contributed by atoms with van der Waals surface area (Å²) < 4.78 is 5.09. The first-order chi connectivity index (χ1) is 11.5. The molecule has 24 heavy (non-hydrogen) atoms. The van der Waals surface area contributed by atoms with E-state index in [0.717, 1.165) is 5.56 Å². The molecule has 2 heterocycles. The van der Waals surface area contributed by atoms with Crippen LogP contribution >= 0.6 is 11.3 Å². The van der Waals surface area contributed by atoms with E-state index in [1.54, 1.807) is 25.3 Å². The number of carbonyl (C=O) groups excluding carboxylic acids is 2. The van der Waals surface area contributed by atoms with E-state index < -0.39 is 5.97 Å². The Kier molecular flexibility index (Phi) is 5.66. The molecule has 7 heteroatoms. The number of hydrogen-bond donors (Lipinski definition) is 1. The Labute approximate surface area is 144 Å². The number of thiophene rings is 1. The Morgan fingerprint density at radius 1 is 1.42 bits per heavy atom. The van der Waals surface area contributed by atoms with Crippen LogP contribution in [-0.2, 0) is 16.0 Å². The smallest absolute Gasteiger partial charge is 0.348 e. The van der Waals surface area contributed by atoms with Crippen molar-refractivity contribution in [2.45, 2.75) is 27.2 Å². The molecule has 0 aromatic carbocycles. The fourth-order valence-corrected chi connectivity index (χ4v) is 3.54. The first kappa shape index (κ1) is 17.6. The van der Waals surface area contributed by atoms with Gasteiger partial charge in [0.1, 0.15) is 16.8 Å². The van der Waals surface area contributed by atoms with Crippen LogP contribution in [0.3, 0.4) is 0 Å². The van der Waals surface area contributed by atoms with Gasteiger partial charge in [0.05, 0.1) is 17.0 Å². The van der Waals surface area contributed by atoms with Crippen LogP contribution in [-0.4, -0.2) is 23.5 Å². The van der Waals surface area contributed by atoms with E-state index in [2.05, 4.69) is 16.4 Å². The molecule has 124 valence electrons. The van der Waals surface area contributed by atoms with Gasteiger partial charge < -0.3 is 10.1 Å². The molecule has 0 saturated heterocycles. The van der Waals surface area contributed by atoms with Gasteiger partial charge in [-0.2, -0.15) is 5.26 Å². The van der Waals surface area contributed by atoms with E-state index in [4.69, 9.17) is 4.74 Å². The summed E-state index contributed by atoms with van der Waals surface area (Å²) in [6.45, 7) is 5.31. The second kappa shape index (κ2) is 7.70. The van der Waals surface area contributed by atoms with Crippen LogP contribution in [0, 0.1) is 11.3 Å². The molecule has 2 rings (SSSR count). The molecule has 0 saturated carbocycles. The van der Waals surface area contributed by atoms with Gasteiger partial charge in [-0.1, -0.05) is 6.92 Å². The van der Waals surface area contributed by atoms with Crippen molar-refractivity contribution < 1.29 is 14.3 Å². The van der Waals surface area contributed by atoms with Crippen LogP contribution in [0.5, 0.6) is 0 Å². The molecule has 0 atom stereocenters. The molecule has 0 bridgehead atoms. The fraction of sp³-hybridized carbons (Fsp3) is 0.294. The standard InChI is InChI=1S/C17H17N3O3S/c1-4-12-13(9-18)15(24-16(12)17(22)23-5-2)11-6-7-19-14(8-11)20-10(3)21/h6-8H,4-5H2,1-3H3,(H,19,20,21). The van der Waals surface area contributed by atoms with Gasteiger partial charge in [-0.05, 0) is 36.6 Å². The molecule has 0 aliphatic heterocycles. The Balaban J connectivity index is 2.56. The van der Waals surface area contributed by atoms with Gasteiger partial charge in [0, 0.05) is 13.1 Å². The Morgan fingerprint density at radius 3 is 2.75 bits per heavy atom. The highest BCUT2D eigenvalue weighted by molar-refractivity contribution is 7.17. The van der Waals surface area contributed by atoms with Crippen molar-refractivity contribution in [3.63, 3.8) is 0 Å². The average Bonchev–Trinajstić information content (AvgIpc) is 2.93. The number of esters is 1. The number of aromatic nitrogens is 1. The van der Waals surface area contributed by atoms with Gasteiger partial charge in [0.2, 0.25) is 5.91 Å². The van der Waals surface area contributed by atoms with Crippen molar-refractivity contribution in [1.29, 1.82) is 5.26 Å². The maximum Gasteiger partial charge on any atom is 0.348 e. The van der Waals surface area contributed by atoms with E-state index in [-0.39, 0.29) is 12.5 Å². The van der Waals surface area contributed by atoms with Crippen LogP contribution < -0.4 is 5.32 Å². The van der Waals surface area contributed by atoms with Crippen molar-refractivity contribution in [2.24, 2.45) is 0 Å². The molecule has 1 amide bonds. The van der Waals surface area contributed by atoms with Crippen LogP contribution in [0.25, 0.3) is 10.4 Å². The monoisotopic (exact) mass is 343 g/mol. The van der Waals surface area contributed by atoms with Crippen LogP contribution in [0.2, 0.25) is 0 Å². The highest BCUT2D eigenvalue weighted by atomic mass is 32.1. The van der Waals surface area contributed by atoms with Gasteiger partial charge in [-0.15, -0.1) is 11.3 Å². The summed E-state index contributed by atoms with van der Waals surface area (Å²) in [5, 5.41) is 12.2. The largest absolute Gasteiger partial charge is 0.462 e. The lowest BCUT2D eigenvalue weighted by Crippen LogP contribution is -2.07. The molecule has 2 aromatic heterocycles. The third kappa shape index (κ3) is 3.60. The lowest BCUT2D eigenvalue weighted by molar-refractivity contribution is -0.114. The fourth-order valence-electron chi connectivity index (χ4n) is 2.31. The lowest BCUT2D eigenvalue weighted by atomic mass is 10.0. The number of nitrogens with one attached hydrogen (secondary N) is 1. The van der Waals surface area contributed by atoms with Crippen LogP contribution in [0.1, 0.15) is 41.6 Å². The highest BCUT2D eigenvalue weighted by Crippen LogP contribution is 2.37. The molecule has 0 spiro atoms. The number of carbonyl (C=O) groups is 2. The minimum absolute atomic E-state index is 0.229. The predicted molar refractivity (Wildman–Crippen MR) is 91.9 cm³/mol. The number of hydrogen-bond acceptors (Lipinski definition) is 6. The van der Waals surface area contributed by atoms with Gasteiger partial charge >= 0.3 is 5.97 Å². The summed E-state index contributed by atoms with van der Waals surface area (Å²) in [5.74, 6) is -0.251. The van der Waals surface area contributed by atoms with E-state index in [1.165, 1.54) is 18.3 Å². The maximum absolute atomic E-state index is 12.2. The van der Waals surface area contributed by atoms with Gasteiger partial charge in [-0.25, -0.2) is 9.78 Å². The molecule has 0 aliphatic rings. The number of anilines is 1. The Morgan fingerprint density at radius 2 is 2.17 bits per heavy atom. The average molecular weight is 343 g/mol. The summed E-state index contributed by atoms with van der Waals surface area (Å²) in [4.78, 5) is 28.5. The van der Waals surface area contributed by atoms with Crippen LogP contribution in [0.15, 0.2) is 18.3 Å². The molecule has 0 fully saturated rings. The van der Waals surface area contributed by atoms with Crippen molar-refractivity contribution in [1.82, 2.24) is 4.98 Å². The normalized spacial score (nSPS) is 10.1. The lowest BCUT2D eigenvalue weighted by Gasteiger charge is -2.04. The zero-order chi connectivity index (χ0) is 17.7. The third-order valence-electron chi connectivity index (χ3n) is 3.26. The Bertz CT molecular complexity index is 821. The molecule has 0 unspecified atom stereocenters. The van der Waals surface area contributed by atoms with Gasteiger partial charge in [0.25, 0.3) is 0 Å². The van der Waals surface area contributed by atoms with Gasteiger partial charge in [-0.3, -0.25) is 4.79 Å². The number of nitriles is 1. The quantitative estimate of drug-likeness (QED) is 0.840. The summed E-state index contributed by atoms with van der Waals surface area (Å²) in [7, 11) is 0. The second-order valence-corrected chi connectivity index (χ2v) is 5.93. The topological polar surface area (TPSA) is 92.1 Å². The zero-order valence-corrected chi connectivity index (χ0v) is 14.5. The summed E-state index contributed by atoms with van der Waals surface area (Å²) in [6, 6.07) is 5.61. The maximum atomic E-state index is 12.2. The van der Waals surface area contributed by atoms with E-state index in [0.29, 0.717) is 33.1 Å². The number of amides is 1. The number of ether oxygens (including phenoxy) is 1. The van der Waals surface area contributed by atoms with E-state index in [9.17, 15) is 14.9 Å². The molecule has 0 aliphatic carbocycles. The molecule has 1 N–H and O–H groups in total. The van der Waals surface area contributed by atoms with E-state index >= 15 is 0 Å². The van der Waals surface area contributed by atoms with Crippen molar-refractivity contribution in [3.05, 3.63) is 34.3 Å². The molecular formula is C17H17N3O3S. The summed E-state index contributed by atoms with van der Waals surface area (Å²) >= 11 is 1.23. The summed E-state index contributed by atoms with van der Waals surface area (Å²) in [5.41, 5.74) is 1.87. The molecule has 2 aromatic rings. The minimum atomic E-state index is -0.418. The second-order valence-electron chi connectivity index (χ2n) is 4.91. The first-order valence-corrected chi connectivity index (χ1v) is 8.30. The van der Waals surface area contributed by atoms with Crippen molar-refractivity contribution in [2.75, 3.05) is 11.9 Å². The molecule has 6 nitrogen and oxygen atoms in total. The zero-order valence-electron chi connectivity index (χ0n) is 13.7. The Hall–Kier alpha value is -2.72. The summed E-state index contributed by atoms with van der Waals surface area (Å²) in [6.07, 6.45) is 2.11. The highest BCUT2D eigenvalue weighted by Gasteiger charge is 2.23. The first-order valence-electron chi connectivity index (χ1n) is 7.48.